The van der Waals surface area contributed by atoms with Gasteiger partial charge in [-0.2, -0.15) is 5.26 Å². The highest BCUT2D eigenvalue weighted by molar-refractivity contribution is 5.98. The van der Waals surface area contributed by atoms with E-state index in [0.29, 0.717) is 17.0 Å². The summed E-state index contributed by atoms with van der Waals surface area (Å²) in [6.07, 6.45) is 0. The van der Waals surface area contributed by atoms with Crippen molar-refractivity contribution in [1.82, 2.24) is 0 Å². The molecule has 0 aromatic heterocycles. The molecule has 0 radical (unpaired) electrons. The molecule has 3 rings (SSSR count). The fraction of sp³-hybridized carbons (Fsp3) is 0.143. The molecular weight excluding hydrogens is 310 g/mol. The van der Waals surface area contributed by atoms with Crippen molar-refractivity contribution in [2.24, 2.45) is 5.73 Å². The number of Topliss-reactive ketones (excluding diaryl/α,β-unsaturated/α-hetero) is 1. The van der Waals surface area contributed by atoms with Crippen LogP contribution in [0.3, 0.4) is 0 Å². The Morgan fingerprint density at radius 3 is 2.16 bits per heavy atom. The lowest BCUT2D eigenvalue weighted by atomic mass is 9.80. The lowest BCUT2D eigenvalue weighted by molar-refractivity contribution is -0.113. The van der Waals surface area contributed by atoms with Crippen molar-refractivity contribution in [3.63, 3.8) is 0 Å². The summed E-state index contributed by atoms with van der Waals surface area (Å²) in [5.74, 6) is -0.138. The maximum Gasteiger partial charge on any atom is 0.158 e. The summed E-state index contributed by atoms with van der Waals surface area (Å²) in [6.45, 7) is 3.41. The first-order valence-electron chi connectivity index (χ1n) is 8.07. The van der Waals surface area contributed by atoms with Crippen LogP contribution >= 0.6 is 0 Å². The summed E-state index contributed by atoms with van der Waals surface area (Å²) < 4.78 is 0. The number of nitrogens with two attached hydrogens (primary N) is 1. The third kappa shape index (κ3) is 2.81. The molecule has 2 N–H and O–H groups in total. The first-order chi connectivity index (χ1) is 12.1. The Balaban J connectivity index is 2.27. The van der Waals surface area contributed by atoms with E-state index in [1.165, 1.54) is 6.92 Å². The molecule has 0 saturated heterocycles. The average molecular weight is 329 g/mol. The molecule has 0 aliphatic carbocycles. The van der Waals surface area contributed by atoms with Gasteiger partial charge in [-0.05, 0) is 31.5 Å². The summed E-state index contributed by atoms with van der Waals surface area (Å²) in [7, 11) is 0. The molecule has 2 aromatic carbocycles. The van der Waals surface area contributed by atoms with Gasteiger partial charge in [0.25, 0.3) is 0 Å². The lowest BCUT2D eigenvalue weighted by Gasteiger charge is -2.36. The molecule has 25 heavy (non-hydrogen) atoms. The molecule has 1 heterocycles. The highest BCUT2D eigenvalue weighted by atomic mass is 16.1. The number of ketones is 1. The zero-order valence-electron chi connectivity index (χ0n) is 14.2. The Hall–Kier alpha value is -3.32. The average Bonchev–Trinajstić information content (AvgIpc) is 2.62. The van der Waals surface area contributed by atoms with E-state index in [1.807, 2.05) is 67.6 Å². The summed E-state index contributed by atoms with van der Waals surface area (Å²) in [5, 5.41) is 9.80. The number of nitriles is 1. The fourth-order valence-electron chi connectivity index (χ4n) is 3.39. The van der Waals surface area contributed by atoms with Crippen molar-refractivity contribution in [2.75, 3.05) is 4.90 Å². The van der Waals surface area contributed by atoms with Crippen LogP contribution in [0.25, 0.3) is 0 Å². The number of benzene rings is 2. The normalized spacial score (nSPS) is 17.5. The number of carbonyl (C=O) groups is 1. The van der Waals surface area contributed by atoms with E-state index in [-0.39, 0.29) is 5.78 Å². The first-order valence-corrected chi connectivity index (χ1v) is 8.07. The first kappa shape index (κ1) is 16.5. The summed E-state index contributed by atoms with van der Waals surface area (Å²) in [4.78, 5) is 14.3. The number of carbonyl (C=O) groups excluding carboxylic acids is 1. The van der Waals surface area contributed by atoms with Crippen LogP contribution in [0.2, 0.25) is 0 Å². The maximum atomic E-state index is 12.5. The monoisotopic (exact) mass is 329 g/mol. The Morgan fingerprint density at radius 2 is 1.64 bits per heavy atom. The van der Waals surface area contributed by atoms with Gasteiger partial charge >= 0.3 is 0 Å². The Labute approximate surface area is 147 Å². The summed E-state index contributed by atoms with van der Waals surface area (Å²) >= 11 is 0. The predicted octanol–water partition coefficient (Wildman–Crippen LogP) is 3.85. The van der Waals surface area contributed by atoms with Crippen LogP contribution in [0, 0.1) is 11.3 Å². The minimum Gasteiger partial charge on any atom is -0.384 e. The summed E-state index contributed by atoms with van der Waals surface area (Å²) in [6, 6.07) is 21.3. The van der Waals surface area contributed by atoms with Crippen LogP contribution in [0.4, 0.5) is 5.69 Å². The van der Waals surface area contributed by atoms with Crippen molar-refractivity contribution >= 4 is 11.5 Å². The number of allylic oxidation sites excluding steroid dienone is 3. The molecule has 0 fully saturated rings. The topological polar surface area (TPSA) is 70.1 Å². The van der Waals surface area contributed by atoms with Gasteiger partial charge in [-0.15, -0.1) is 0 Å². The zero-order valence-corrected chi connectivity index (χ0v) is 14.2. The second-order valence-corrected chi connectivity index (χ2v) is 5.98. The van der Waals surface area contributed by atoms with E-state index in [9.17, 15) is 10.1 Å². The molecule has 4 heteroatoms. The number of para-hydroxylation sites is 1. The fourth-order valence-corrected chi connectivity index (χ4v) is 3.39. The van der Waals surface area contributed by atoms with Gasteiger partial charge in [0, 0.05) is 17.0 Å². The van der Waals surface area contributed by atoms with E-state index in [1.54, 1.807) is 4.90 Å². The second-order valence-electron chi connectivity index (χ2n) is 5.98. The zero-order chi connectivity index (χ0) is 18.0. The molecule has 0 saturated carbocycles. The van der Waals surface area contributed by atoms with Gasteiger partial charge in [-0.25, -0.2) is 0 Å². The van der Waals surface area contributed by atoms with E-state index >= 15 is 0 Å². The van der Waals surface area contributed by atoms with Crippen LogP contribution in [0.15, 0.2) is 83.3 Å². The molecule has 1 unspecified atom stereocenters. The van der Waals surface area contributed by atoms with Gasteiger partial charge in [-0.1, -0.05) is 48.5 Å². The number of hydrogen-bond donors (Lipinski definition) is 1. The standard InChI is InChI=1S/C21H19N3O/c1-14-19(15(2)25)20(16-9-5-3-6-10-16)18(13-22)21(23)24(14)17-11-7-4-8-12-17/h3-12,20H,23H2,1-2H3. The Bertz CT molecular complexity index is 905. The molecule has 0 spiro atoms. The smallest absolute Gasteiger partial charge is 0.158 e. The minimum atomic E-state index is -0.441. The van der Waals surface area contributed by atoms with Crippen LogP contribution in [0.1, 0.15) is 25.3 Å². The van der Waals surface area contributed by atoms with Gasteiger partial charge in [0.05, 0.1) is 17.6 Å². The van der Waals surface area contributed by atoms with Crippen molar-refractivity contribution in [1.29, 1.82) is 5.26 Å². The number of rotatable bonds is 3. The van der Waals surface area contributed by atoms with Gasteiger partial charge in [0.1, 0.15) is 5.82 Å². The number of nitrogens with zero attached hydrogens (tertiary/aromatic N) is 2. The SMILES string of the molecule is CC(=O)C1=C(C)N(c2ccccc2)C(N)=C(C#N)C1c1ccccc1. The van der Waals surface area contributed by atoms with Gasteiger partial charge in [0.15, 0.2) is 5.78 Å². The van der Waals surface area contributed by atoms with Crippen LogP contribution < -0.4 is 10.6 Å². The molecule has 0 amide bonds. The minimum absolute atomic E-state index is 0.0625. The third-order valence-electron chi connectivity index (χ3n) is 4.47. The molecule has 1 aliphatic rings. The molecule has 0 bridgehead atoms. The highest BCUT2D eigenvalue weighted by Gasteiger charge is 2.36. The Kier molecular flexibility index (Phi) is 4.40. The third-order valence-corrected chi connectivity index (χ3v) is 4.47. The van der Waals surface area contributed by atoms with Gasteiger partial charge in [0.2, 0.25) is 0 Å². The molecule has 124 valence electrons. The lowest BCUT2D eigenvalue weighted by Crippen LogP contribution is -2.35. The molecule has 1 atom stereocenters. The van der Waals surface area contributed by atoms with E-state index in [0.717, 1.165) is 16.9 Å². The number of hydrogen-bond acceptors (Lipinski definition) is 4. The van der Waals surface area contributed by atoms with Crippen LogP contribution in [-0.2, 0) is 4.79 Å². The molecule has 1 aliphatic heterocycles. The van der Waals surface area contributed by atoms with E-state index in [4.69, 9.17) is 5.73 Å². The van der Waals surface area contributed by atoms with Gasteiger partial charge < -0.3 is 5.73 Å². The van der Waals surface area contributed by atoms with Crippen molar-refractivity contribution < 1.29 is 4.79 Å². The van der Waals surface area contributed by atoms with Crippen LogP contribution in [-0.4, -0.2) is 5.78 Å². The highest BCUT2D eigenvalue weighted by Crippen LogP contribution is 2.42. The summed E-state index contributed by atoms with van der Waals surface area (Å²) in [5.41, 5.74) is 9.85. The van der Waals surface area contributed by atoms with Crippen molar-refractivity contribution in [3.05, 3.63) is 88.9 Å². The molecular formula is C21H19N3O. The van der Waals surface area contributed by atoms with E-state index in [2.05, 4.69) is 6.07 Å². The van der Waals surface area contributed by atoms with Gasteiger partial charge in [-0.3, -0.25) is 9.69 Å². The quantitative estimate of drug-likeness (QED) is 0.928. The number of anilines is 1. The van der Waals surface area contributed by atoms with E-state index < -0.39 is 5.92 Å². The molecule has 2 aromatic rings. The largest absolute Gasteiger partial charge is 0.384 e. The predicted molar refractivity (Wildman–Crippen MR) is 98.3 cm³/mol. The van der Waals surface area contributed by atoms with Crippen molar-refractivity contribution in [2.45, 2.75) is 19.8 Å². The maximum absolute atomic E-state index is 12.5. The second kappa shape index (κ2) is 6.66. The van der Waals surface area contributed by atoms with Crippen molar-refractivity contribution in [3.8, 4) is 6.07 Å². The Morgan fingerprint density at radius 1 is 1.08 bits per heavy atom. The molecule has 4 nitrogen and oxygen atoms in total. The van der Waals surface area contributed by atoms with Crippen LogP contribution in [0.5, 0.6) is 0 Å².